The quantitative estimate of drug-likeness (QED) is 0.161. The molecule has 0 fully saturated rings. The second-order valence-corrected chi connectivity index (χ2v) is 15.6. The number of rotatable bonds is 7. The lowest BCUT2D eigenvalue weighted by Crippen LogP contribution is -2.12. The van der Waals surface area contributed by atoms with Crippen molar-refractivity contribution >= 4 is 71.6 Å². The maximum Gasteiger partial charge on any atom is 0.145 e. The van der Waals surface area contributed by atoms with Gasteiger partial charge in [0.2, 0.25) is 0 Å². The molecule has 61 heavy (non-hydrogen) atoms. The summed E-state index contributed by atoms with van der Waals surface area (Å²) in [5, 5.41) is 7.10. The summed E-state index contributed by atoms with van der Waals surface area (Å²) in [5.74, 6) is 0. The average molecular weight is 779 g/mol. The summed E-state index contributed by atoms with van der Waals surface area (Å²) in [4.78, 5) is 2.40. The van der Waals surface area contributed by atoms with Crippen molar-refractivity contribution in [2.75, 3.05) is 4.90 Å². The van der Waals surface area contributed by atoms with Crippen LogP contribution in [-0.2, 0) is 0 Å². The summed E-state index contributed by atoms with van der Waals surface area (Å²) in [6.45, 7) is 0. The molecule has 0 radical (unpaired) electrons. The Morgan fingerprint density at radius 1 is 0.344 bits per heavy atom. The SMILES string of the molecule is c1ccc(-c2ccc(N(c3ccc(-c4cccc5ccccc45)cc3)c3ccc4c(oc5ccccc54)c3-c3ccccc3-n3c4ccccc4c4ccccc43)cc2)cc1. The number of nitrogens with zero attached hydrogens (tertiary/aromatic N) is 2. The molecule has 2 aromatic heterocycles. The first-order valence-electron chi connectivity index (χ1n) is 20.8. The Morgan fingerprint density at radius 3 is 1.62 bits per heavy atom. The van der Waals surface area contributed by atoms with Gasteiger partial charge >= 0.3 is 0 Å². The van der Waals surface area contributed by atoms with Crippen LogP contribution >= 0.6 is 0 Å². The van der Waals surface area contributed by atoms with E-state index >= 15 is 0 Å². The van der Waals surface area contributed by atoms with E-state index in [1.54, 1.807) is 0 Å². The number of para-hydroxylation sites is 4. The Bertz CT molecular complexity index is 3520. The summed E-state index contributed by atoms with van der Waals surface area (Å²) >= 11 is 0. The van der Waals surface area contributed by atoms with Crippen molar-refractivity contribution in [3.63, 3.8) is 0 Å². The van der Waals surface area contributed by atoms with Gasteiger partial charge in [0, 0.05) is 38.5 Å². The van der Waals surface area contributed by atoms with Crippen LogP contribution in [0.2, 0.25) is 0 Å². The number of fused-ring (bicyclic) bond motifs is 7. The Kier molecular flexibility index (Phi) is 8.17. The maximum atomic E-state index is 7.01. The third kappa shape index (κ3) is 5.74. The third-order valence-corrected chi connectivity index (χ3v) is 12.2. The predicted octanol–water partition coefficient (Wildman–Crippen LogP) is 16.3. The Balaban J connectivity index is 1.13. The molecule has 0 aliphatic carbocycles. The highest BCUT2D eigenvalue weighted by molar-refractivity contribution is 6.15. The molecule has 3 heteroatoms. The number of hydrogen-bond acceptors (Lipinski definition) is 2. The van der Waals surface area contributed by atoms with E-state index in [4.69, 9.17) is 4.42 Å². The zero-order chi connectivity index (χ0) is 40.3. The summed E-state index contributed by atoms with van der Waals surface area (Å²) in [6.07, 6.45) is 0. The van der Waals surface area contributed by atoms with Gasteiger partial charge in [-0.25, -0.2) is 0 Å². The van der Waals surface area contributed by atoms with E-state index in [1.165, 1.54) is 43.8 Å². The molecule has 0 aliphatic rings. The van der Waals surface area contributed by atoms with E-state index in [9.17, 15) is 0 Å². The Labute approximate surface area is 353 Å². The number of aromatic nitrogens is 1. The number of benzene rings is 10. The van der Waals surface area contributed by atoms with Crippen LogP contribution < -0.4 is 4.90 Å². The van der Waals surface area contributed by atoms with E-state index < -0.39 is 0 Å². The predicted molar refractivity (Wildman–Crippen MR) is 257 cm³/mol. The minimum atomic E-state index is 0.852. The first-order valence-corrected chi connectivity index (χ1v) is 20.8. The molecular weight excluding hydrogens is 741 g/mol. The molecule has 3 nitrogen and oxygen atoms in total. The van der Waals surface area contributed by atoms with Crippen LogP contribution in [0.15, 0.2) is 235 Å². The first-order chi connectivity index (χ1) is 30.3. The highest BCUT2D eigenvalue weighted by atomic mass is 16.3. The molecule has 0 spiro atoms. The number of anilines is 3. The maximum absolute atomic E-state index is 7.01. The van der Waals surface area contributed by atoms with Gasteiger partial charge in [0.25, 0.3) is 0 Å². The van der Waals surface area contributed by atoms with Crippen molar-refractivity contribution in [2.45, 2.75) is 0 Å². The number of furan rings is 1. The Hall–Kier alpha value is -8.14. The van der Waals surface area contributed by atoms with Gasteiger partial charge in [0.1, 0.15) is 11.2 Å². The summed E-state index contributed by atoms with van der Waals surface area (Å²) < 4.78 is 9.43. The van der Waals surface area contributed by atoms with Gasteiger partial charge in [-0.2, -0.15) is 0 Å². The van der Waals surface area contributed by atoms with E-state index in [1.807, 2.05) is 0 Å². The van der Waals surface area contributed by atoms with Crippen molar-refractivity contribution in [2.24, 2.45) is 0 Å². The monoisotopic (exact) mass is 778 g/mol. The average Bonchev–Trinajstić information content (AvgIpc) is 3.88. The normalized spacial score (nSPS) is 11.6. The molecule has 10 aromatic carbocycles. The minimum absolute atomic E-state index is 0.852. The molecule has 0 N–H and O–H groups in total. The smallest absolute Gasteiger partial charge is 0.145 e. The second-order valence-electron chi connectivity index (χ2n) is 15.6. The first kappa shape index (κ1) is 34.9. The molecule has 12 aromatic rings. The largest absolute Gasteiger partial charge is 0.455 e. The van der Waals surface area contributed by atoms with Crippen LogP contribution in [-0.4, -0.2) is 4.57 Å². The molecule has 0 bridgehead atoms. The van der Waals surface area contributed by atoms with Crippen LogP contribution in [0.4, 0.5) is 17.1 Å². The highest BCUT2D eigenvalue weighted by Crippen LogP contribution is 2.49. The summed E-state index contributed by atoms with van der Waals surface area (Å²) in [6, 6.07) is 82.9. The van der Waals surface area contributed by atoms with Gasteiger partial charge in [-0.1, -0.05) is 170 Å². The van der Waals surface area contributed by atoms with Crippen molar-refractivity contribution in [1.29, 1.82) is 0 Å². The van der Waals surface area contributed by atoms with Gasteiger partial charge < -0.3 is 13.9 Å². The molecule has 0 amide bonds. The lowest BCUT2D eigenvalue weighted by molar-refractivity contribution is 0.670. The summed E-state index contributed by atoms with van der Waals surface area (Å²) in [5.41, 5.74) is 15.1. The fraction of sp³-hybridized carbons (Fsp3) is 0. The standard InChI is InChI=1S/C58H38N2O/c1-2-15-39(16-3-1)40-29-33-43(34-30-40)59(44-35-31-42(32-36-44)46-24-14-18-41-17-4-5-19-45(41)46)55-38-37-50-49-22-9-13-28-56(49)61-58(50)57(55)51-23-8-12-27-54(51)60-52-25-10-6-20-47(52)48-21-7-11-26-53(48)60/h1-38H. The Morgan fingerprint density at radius 2 is 0.885 bits per heavy atom. The van der Waals surface area contributed by atoms with Crippen molar-refractivity contribution in [3.05, 3.63) is 231 Å². The van der Waals surface area contributed by atoms with Crippen LogP contribution in [0.3, 0.4) is 0 Å². The van der Waals surface area contributed by atoms with Crippen LogP contribution in [0.25, 0.3) is 93.6 Å². The lowest BCUT2D eigenvalue weighted by atomic mass is 9.96. The third-order valence-electron chi connectivity index (χ3n) is 12.2. The molecule has 286 valence electrons. The highest BCUT2D eigenvalue weighted by Gasteiger charge is 2.26. The fourth-order valence-corrected chi connectivity index (χ4v) is 9.42. The van der Waals surface area contributed by atoms with E-state index in [0.717, 1.165) is 66.8 Å². The zero-order valence-electron chi connectivity index (χ0n) is 33.2. The molecule has 12 rings (SSSR count). The van der Waals surface area contributed by atoms with Crippen molar-refractivity contribution in [1.82, 2.24) is 4.57 Å². The van der Waals surface area contributed by atoms with Crippen molar-refractivity contribution in [3.8, 4) is 39.1 Å². The molecule has 0 aliphatic heterocycles. The molecular formula is C58H38N2O. The van der Waals surface area contributed by atoms with E-state index in [-0.39, 0.29) is 0 Å². The topological polar surface area (TPSA) is 21.3 Å². The van der Waals surface area contributed by atoms with Gasteiger partial charge in [-0.15, -0.1) is 0 Å². The molecule has 0 unspecified atom stereocenters. The molecule has 0 saturated heterocycles. The van der Waals surface area contributed by atoms with Crippen LogP contribution in [0.1, 0.15) is 0 Å². The fourth-order valence-electron chi connectivity index (χ4n) is 9.42. The van der Waals surface area contributed by atoms with E-state index in [2.05, 4.69) is 240 Å². The van der Waals surface area contributed by atoms with Gasteiger partial charge in [-0.3, -0.25) is 0 Å². The zero-order valence-corrected chi connectivity index (χ0v) is 33.2. The lowest BCUT2D eigenvalue weighted by Gasteiger charge is -2.29. The van der Waals surface area contributed by atoms with Gasteiger partial charge in [-0.05, 0) is 93.7 Å². The minimum Gasteiger partial charge on any atom is -0.455 e. The molecule has 2 heterocycles. The van der Waals surface area contributed by atoms with E-state index in [0.29, 0.717) is 0 Å². The molecule has 0 atom stereocenters. The molecule has 0 saturated carbocycles. The summed E-state index contributed by atoms with van der Waals surface area (Å²) in [7, 11) is 0. The van der Waals surface area contributed by atoms with Crippen LogP contribution in [0.5, 0.6) is 0 Å². The van der Waals surface area contributed by atoms with Gasteiger partial charge in [0.15, 0.2) is 0 Å². The number of hydrogen-bond donors (Lipinski definition) is 0. The van der Waals surface area contributed by atoms with Crippen LogP contribution in [0, 0.1) is 0 Å². The van der Waals surface area contributed by atoms with Gasteiger partial charge in [0.05, 0.1) is 28.0 Å². The second kappa shape index (κ2) is 14.3. The van der Waals surface area contributed by atoms with Crippen molar-refractivity contribution < 1.29 is 4.42 Å².